The van der Waals surface area contributed by atoms with Crippen LogP contribution >= 0.6 is 0 Å². The topological polar surface area (TPSA) is 41.9 Å². The van der Waals surface area contributed by atoms with Crippen LogP contribution in [0.1, 0.15) is 0 Å². The third kappa shape index (κ3) is 3.47. The highest BCUT2D eigenvalue weighted by molar-refractivity contribution is 5.75. The van der Waals surface area contributed by atoms with Gasteiger partial charge in [0.05, 0.1) is 19.4 Å². The Hall–Kier alpha value is -2.20. The second-order valence-corrected chi connectivity index (χ2v) is 5.17. The molecule has 0 aliphatic heterocycles. The molecule has 0 bridgehead atoms. The van der Waals surface area contributed by atoms with Gasteiger partial charge in [-0.3, -0.25) is 0 Å². The fraction of sp³-hybridized carbons (Fsp3) is 0.294. The van der Waals surface area contributed by atoms with Crippen molar-refractivity contribution >= 4 is 11.5 Å². The number of methoxy groups -OCH3 is 2. The highest BCUT2D eigenvalue weighted by Gasteiger charge is 2.07. The normalized spacial score (nSPS) is 17.9. The molecule has 2 rings (SSSR count). The molecule has 0 heterocycles. The minimum atomic E-state index is -0.115. The molecule has 112 valence electrons. The van der Waals surface area contributed by atoms with Crippen LogP contribution in [0.25, 0.3) is 11.5 Å². The molecule has 0 unspecified atom stereocenters. The Morgan fingerprint density at radius 1 is 1.19 bits per heavy atom. The van der Waals surface area contributed by atoms with Crippen LogP contribution in [0.4, 0.5) is 0 Å². The Morgan fingerprint density at radius 3 is 2.57 bits per heavy atom. The first kappa shape index (κ1) is 15.2. The van der Waals surface area contributed by atoms with Crippen molar-refractivity contribution in [2.75, 3.05) is 34.9 Å². The van der Waals surface area contributed by atoms with E-state index < -0.39 is 0 Å². The maximum absolute atomic E-state index is 9.65. The summed E-state index contributed by atoms with van der Waals surface area (Å²) in [7, 11) is 7.15. The molecular formula is C17H21NO3. The molecule has 0 atom stereocenters. The van der Waals surface area contributed by atoms with Crippen LogP contribution < -0.4 is 15.2 Å². The zero-order valence-corrected chi connectivity index (χ0v) is 12.9. The van der Waals surface area contributed by atoms with E-state index in [-0.39, 0.29) is 5.95 Å². The monoisotopic (exact) mass is 287 g/mol. The summed E-state index contributed by atoms with van der Waals surface area (Å²) in [5.74, 6) is 0.591. The molecule has 0 amide bonds. The summed E-state index contributed by atoms with van der Waals surface area (Å²) in [5.41, 5.74) is 2.36. The van der Waals surface area contributed by atoms with Crippen molar-refractivity contribution in [3.8, 4) is 5.75 Å². The number of hydrogen-bond acceptors (Lipinski definition) is 4. The van der Waals surface area contributed by atoms with E-state index in [1.807, 2.05) is 26.2 Å². The van der Waals surface area contributed by atoms with Crippen molar-refractivity contribution < 1.29 is 14.6 Å². The molecule has 4 heteroatoms. The van der Waals surface area contributed by atoms with E-state index in [4.69, 9.17) is 9.47 Å². The van der Waals surface area contributed by atoms with Crippen LogP contribution in [0.3, 0.4) is 0 Å². The van der Waals surface area contributed by atoms with Crippen molar-refractivity contribution in [1.29, 1.82) is 0 Å². The molecule has 0 saturated carbocycles. The van der Waals surface area contributed by atoms with Gasteiger partial charge in [-0.15, -0.1) is 0 Å². The number of hydrogen-bond donors (Lipinski definition) is 1. The van der Waals surface area contributed by atoms with Gasteiger partial charge in [0.15, 0.2) is 0 Å². The number of likely N-dealkylation sites (N-methyl/N-ethyl adjacent to an activating group) is 1. The highest BCUT2D eigenvalue weighted by Crippen LogP contribution is 2.17. The second-order valence-electron chi connectivity index (χ2n) is 5.17. The van der Waals surface area contributed by atoms with Crippen LogP contribution in [-0.4, -0.2) is 44.9 Å². The highest BCUT2D eigenvalue weighted by atomic mass is 16.6. The first-order chi connectivity index (χ1) is 10.0. The summed E-state index contributed by atoms with van der Waals surface area (Å²) in [5, 5.41) is 11.2. The maximum Gasteiger partial charge on any atom is 0.284 e. The van der Waals surface area contributed by atoms with Gasteiger partial charge in [0.25, 0.3) is 5.95 Å². The van der Waals surface area contributed by atoms with Crippen LogP contribution in [-0.2, 0) is 4.74 Å². The molecule has 0 fully saturated rings. The predicted octanol–water partition coefficient (Wildman–Crippen LogP) is 1.17. The lowest BCUT2D eigenvalue weighted by atomic mass is 10.1. The van der Waals surface area contributed by atoms with Crippen molar-refractivity contribution in [3.63, 3.8) is 0 Å². The molecule has 4 nitrogen and oxygen atoms in total. The molecule has 1 aliphatic rings. The van der Waals surface area contributed by atoms with Gasteiger partial charge in [0, 0.05) is 11.8 Å². The minimum absolute atomic E-state index is 0.115. The van der Waals surface area contributed by atoms with E-state index >= 15 is 0 Å². The molecular weight excluding hydrogens is 266 g/mol. The van der Waals surface area contributed by atoms with E-state index in [2.05, 4.69) is 23.1 Å². The Kier molecular flexibility index (Phi) is 4.70. The van der Waals surface area contributed by atoms with Gasteiger partial charge in [0.1, 0.15) is 5.75 Å². The lowest BCUT2D eigenvalue weighted by Crippen LogP contribution is -2.16. The largest absolute Gasteiger partial charge is 0.496 e. The van der Waals surface area contributed by atoms with E-state index in [9.17, 15) is 5.11 Å². The van der Waals surface area contributed by atoms with Crippen molar-refractivity contribution in [1.82, 2.24) is 4.90 Å². The summed E-state index contributed by atoms with van der Waals surface area (Å²) in [6.45, 7) is 0.901. The van der Waals surface area contributed by atoms with Crippen LogP contribution in [0.5, 0.6) is 5.75 Å². The Morgan fingerprint density at radius 2 is 1.95 bits per heavy atom. The van der Waals surface area contributed by atoms with Crippen LogP contribution in [0.2, 0.25) is 0 Å². The van der Waals surface area contributed by atoms with E-state index in [1.165, 1.54) is 12.7 Å². The molecule has 0 radical (unpaired) electrons. The lowest BCUT2D eigenvalue weighted by Gasteiger charge is -2.08. The molecule has 0 saturated heterocycles. The molecule has 0 aromatic heterocycles. The number of aliphatic hydroxyl groups is 1. The standard InChI is InChI=1S/C17H21NO3/c1-18(2)11-12-5-6-13(9-12)15-8-7-14(17(19)21-4)10-16(15)20-3/h5-10,19H,11H2,1-4H3/b15-13-,17-14-. The Labute approximate surface area is 124 Å². The summed E-state index contributed by atoms with van der Waals surface area (Å²) in [6.07, 6.45) is 6.34. The Balaban J connectivity index is 2.53. The van der Waals surface area contributed by atoms with Crippen LogP contribution in [0.15, 0.2) is 42.0 Å². The average Bonchev–Trinajstić information content (AvgIpc) is 2.93. The fourth-order valence-electron chi connectivity index (χ4n) is 2.30. The number of ether oxygens (including phenoxy) is 2. The van der Waals surface area contributed by atoms with Crippen molar-refractivity contribution in [2.45, 2.75) is 0 Å². The summed E-state index contributed by atoms with van der Waals surface area (Å²) in [4.78, 5) is 2.13. The average molecular weight is 287 g/mol. The third-order valence-electron chi connectivity index (χ3n) is 3.27. The van der Waals surface area contributed by atoms with Gasteiger partial charge >= 0.3 is 0 Å². The number of rotatable bonds is 4. The van der Waals surface area contributed by atoms with Crippen molar-refractivity contribution in [3.05, 3.63) is 52.4 Å². The second kappa shape index (κ2) is 6.50. The third-order valence-corrected chi connectivity index (χ3v) is 3.27. The van der Waals surface area contributed by atoms with E-state index in [1.54, 1.807) is 13.2 Å². The molecule has 1 aliphatic carbocycles. The van der Waals surface area contributed by atoms with Gasteiger partial charge in [-0.2, -0.15) is 0 Å². The molecule has 1 aromatic rings. The van der Waals surface area contributed by atoms with Gasteiger partial charge < -0.3 is 19.5 Å². The van der Waals surface area contributed by atoms with Crippen molar-refractivity contribution in [2.24, 2.45) is 0 Å². The minimum Gasteiger partial charge on any atom is -0.496 e. The zero-order valence-electron chi connectivity index (χ0n) is 12.9. The molecule has 0 spiro atoms. The molecule has 1 aromatic carbocycles. The van der Waals surface area contributed by atoms with Gasteiger partial charge in [-0.25, -0.2) is 0 Å². The number of benzene rings is 1. The van der Waals surface area contributed by atoms with Crippen LogP contribution in [0, 0.1) is 0 Å². The SMILES string of the molecule is CO/C(O)=c1/cc/c(=C2\C=CC(CN(C)C)=C2)c(OC)c1. The number of allylic oxidation sites excluding steroid dienone is 2. The first-order valence-electron chi connectivity index (χ1n) is 6.74. The first-order valence-corrected chi connectivity index (χ1v) is 6.74. The van der Waals surface area contributed by atoms with E-state index in [0.717, 1.165) is 17.3 Å². The Bertz CT molecular complexity index is 699. The van der Waals surface area contributed by atoms with Gasteiger partial charge in [-0.1, -0.05) is 12.2 Å². The lowest BCUT2D eigenvalue weighted by molar-refractivity contribution is 0.231. The molecule has 21 heavy (non-hydrogen) atoms. The molecule has 1 N–H and O–H groups in total. The number of nitrogens with zero attached hydrogens (tertiary/aromatic N) is 1. The van der Waals surface area contributed by atoms with Gasteiger partial charge in [-0.05, 0) is 49.5 Å². The summed E-state index contributed by atoms with van der Waals surface area (Å²) < 4.78 is 10.3. The fourth-order valence-corrected chi connectivity index (χ4v) is 2.30. The summed E-state index contributed by atoms with van der Waals surface area (Å²) >= 11 is 0. The quantitative estimate of drug-likeness (QED) is 0.903. The van der Waals surface area contributed by atoms with E-state index in [0.29, 0.717) is 11.0 Å². The number of aliphatic hydroxyl groups excluding tert-OH is 1. The van der Waals surface area contributed by atoms with Gasteiger partial charge in [0.2, 0.25) is 0 Å². The summed E-state index contributed by atoms with van der Waals surface area (Å²) in [6, 6.07) is 5.51. The predicted molar refractivity (Wildman–Crippen MR) is 84.5 cm³/mol. The maximum atomic E-state index is 9.65. The smallest absolute Gasteiger partial charge is 0.284 e. The zero-order chi connectivity index (χ0) is 15.4.